The van der Waals surface area contributed by atoms with E-state index in [0.29, 0.717) is 11.1 Å². The molecule has 1 atom stereocenters. The minimum atomic E-state index is -4.17. The molecule has 8 nitrogen and oxygen atoms in total. The predicted octanol–water partition coefficient (Wildman–Crippen LogP) is 3.17. The molecule has 0 aliphatic rings. The van der Waals surface area contributed by atoms with Crippen molar-refractivity contribution in [1.29, 1.82) is 0 Å². The van der Waals surface area contributed by atoms with E-state index in [0.717, 1.165) is 0 Å². The quantitative estimate of drug-likeness (QED) is 0.401. The van der Waals surface area contributed by atoms with E-state index in [-0.39, 0.29) is 22.1 Å². The Morgan fingerprint density at radius 2 is 1.91 bits per heavy atom. The molecule has 33 heavy (non-hydrogen) atoms. The van der Waals surface area contributed by atoms with E-state index in [4.69, 9.17) is 5.73 Å². The van der Waals surface area contributed by atoms with Crippen molar-refractivity contribution in [3.63, 3.8) is 0 Å². The Hall–Kier alpha value is -3.53. The summed E-state index contributed by atoms with van der Waals surface area (Å²) in [5.41, 5.74) is 6.84. The molecule has 1 amide bonds. The molecular formula is C23H26FN5O3S. The van der Waals surface area contributed by atoms with Crippen LogP contribution < -0.4 is 5.73 Å². The van der Waals surface area contributed by atoms with Crippen LogP contribution in [0.1, 0.15) is 36.9 Å². The molecule has 3 aromatic rings. The third-order valence-corrected chi connectivity index (χ3v) is 6.24. The Labute approximate surface area is 192 Å². The highest BCUT2D eigenvalue weighted by molar-refractivity contribution is 7.90. The molecule has 0 spiro atoms. The lowest BCUT2D eigenvalue weighted by atomic mass is 9.89. The Morgan fingerprint density at radius 1 is 1.21 bits per heavy atom. The Morgan fingerprint density at radius 3 is 2.48 bits per heavy atom. The zero-order chi connectivity index (χ0) is 24.3. The number of benzene rings is 2. The molecule has 2 aromatic carbocycles. The third-order valence-electron chi connectivity index (χ3n) is 4.98. The van der Waals surface area contributed by atoms with Crippen molar-refractivity contribution in [1.82, 2.24) is 14.7 Å². The minimum Gasteiger partial charge on any atom is -0.369 e. The van der Waals surface area contributed by atoms with Crippen molar-refractivity contribution in [2.45, 2.75) is 30.7 Å². The number of primary amides is 1. The van der Waals surface area contributed by atoms with Gasteiger partial charge >= 0.3 is 0 Å². The summed E-state index contributed by atoms with van der Waals surface area (Å²) in [5.74, 6) is -2.59. The minimum absolute atomic E-state index is 0.0607. The van der Waals surface area contributed by atoms with Crippen molar-refractivity contribution in [3.05, 3.63) is 71.8 Å². The smallest absolute Gasteiger partial charge is 0.284 e. The molecule has 1 aromatic heterocycles. The fraction of sp³-hybridized carbons (Fsp3) is 0.261. The number of hydrogen-bond acceptors (Lipinski definition) is 4. The van der Waals surface area contributed by atoms with Gasteiger partial charge in [-0.05, 0) is 31.5 Å². The van der Waals surface area contributed by atoms with Gasteiger partial charge in [0.05, 0.1) is 17.0 Å². The van der Waals surface area contributed by atoms with Crippen LogP contribution in [0.25, 0.3) is 11.1 Å². The molecule has 1 heterocycles. The maximum atomic E-state index is 14.5. The van der Waals surface area contributed by atoms with Crippen molar-refractivity contribution in [2.24, 2.45) is 10.1 Å². The third kappa shape index (κ3) is 5.28. The summed E-state index contributed by atoms with van der Waals surface area (Å²) in [6, 6.07) is 10.3. The van der Waals surface area contributed by atoms with Crippen molar-refractivity contribution < 1.29 is 17.6 Å². The van der Waals surface area contributed by atoms with Crippen LogP contribution in [0.2, 0.25) is 0 Å². The topological polar surface area (TPSA) is 111 Å². The largest absolute Gasteiger partial charge is 0.369 e. The average molecular weight is 472 g/mol. The Kier molecular flexibility index (Phi) is 6.97. The van der Waals surface area contributed by atoms with Crippen LogP contribution in [0.15, 0.2) is 64.2 Å². The molecule has 10 heteroatoms. The summed E-state index contributed by atoms with van der Waals surface area (Å²) in [7, 11) is -0.888. The van der Waals surface area contributed by atoms with Crippen LogP contribution in [0.3, 0.4) is 0 Å². The highest BCUT2D eigenvalue weighted by atomic mass is 32.2. The first-order chi connectivity index (χ1) is 15.5. The molecule has 2 N–H and O–H groups in total. The fourth-order valence-corrected chi connectivity index (χ4v) is 4.52. The van der Waals surface area contributed by atoms with Crippen LogP contribution in [0, 0.1) is 5.82 Å². The second-order valence-corrected chi connectivity index (χ2v) is 9.68. The number of carbonyl (C=O) groups excluding carboxylic acids is 1. The maximum Gasteiger partial charge on any atom is 0.284 e. The molecule has 0 aliphatic carbocycles. The zero-order valence-corrected chi connectivity index (χ0v) is 19.6. The molecule has 0 fully saturated rings. The van der Waals surface area contributed by atoms with E-state index in [1.54, 1.807) is 49.4 Å². The van der Waals surface area contributed by atoms with Gasteiger partial charge in [-0.25, -0.2) is 4.39 Å². The van der Waals surface area contributed by atoms with Gasteiger partial charge in [0.2, 0.25) is 5.91 Å². The van der Waals surface area contributed by atoms with Crippen molar-refractivity contribution >= 4 is 22.3 Å². The van der Waals surface area contributed by atoms with E-state index >= 15 is 0 Å². The summed E-state index contributed by atoms with van der Waals surface area (Å²) >= 11 is 0. The zero-order valence-electron chi connectivity index (χ0n) is 18.8. The average Bonchev–Trinajstić information content (AvgIpc) is 3.24. The number of nitrogens with zero attached hydrogens (tertiary/aromatic N) is 4. The molecule has 174 valence electrons. The van der Waals surface area contributed by atoms with Gasteiger partial charge in [0.25, 0.3) is 10.0 Å². The number of carbonyl (C=O) groups is 1. The van der Waals surface area contributed by atoms with Gasteiger partial charge in [-0.3, -0.25) is 9.48 Å². The summed E-state index contributed by atoms with van der Waals surface area (Å²) in [4.78, 5) is 13.7. The number of aromatic nitrogens is 2. The number of rotatable bonds is 8. The SMILES string of the molecule is CC(C)n1cc(-c2ccc(C(C(N)=O)c3ccccc3F)cc2S(=O)(=O)N=CN(C)C)cn1. The molecule has 0 saturated heterocycles. The van der Waals surface area contributed by atoms with Gasteiger partial charge < -0.3 is 10.6 Å². The van der Waals surface area contributed by atoms with Crippen LogP contribution in [0.5, 0.6) is 0 Å². The fourth-order valence-electron chi connectivity index (χ4n) is 3.35. The molecule has 0 bridgehead atoms. The van der Waals surface area contributed by atoms with E-state index in [2.05, 4.69) is 9.50 Å². The highest BCUT2D eigenvalue weighted by Gasteiger charge is 2.27. The van der Waals surface area contributed by atoms with Crippen LogP contribution in [-0.4, -0.2) is 49.4 Å². The lowest BCUT2D eigenvalue weighted by Gasteiger charge is -2.17. The molecule has 0 saturated carbocycles. The van der Waals surface area contributed by atoms with Gasteiger partial charge in [0.1, 0.15) is 12.2 Å². The summed E-state index contributed by atoms with van der Waals surface area (Å²) in [6.07, 6.45) is 4.47. The van der Waals surface area contributed by atoms with Gasteiger partial charge in [0, 0.05) is 43.0 Å². The number of halogens is 1. The first kappa shape index (κ1) is 24.1. The van der Waals surface area contributed by atoms with Crippen molar-refractivity contribution in [3.8, 4) is 11.1 Å². The van der Waals surface area contributed by atoms with Crippen LogP contribution in [0.4, 0.5) is 4.39 Å². The first-order valence-electron chi connectivity index (χ1n) is 10.2. The van der Waals surface area contributed by atoms with Crippen molar-refractivity contribution in [2.75, 3.05) is 14.1 Å². The van der Waals surface area contributed by atoms with Gasteiger partial charge in [-0.2, -0.15) is 13.5 Å². The van der Waals surface area contributed by atoms with E-state index in [1.165, 1.54) is 35.5 Å². The summed E-state index contributed by atoms with van der Waals surface area (Å²) in [6.45, 7) is 3.90. The van der Waals surface area contributed by atoms with Gasteiger partial charge in [-0.1, -0.05) is 30.3 Å². The molecule has 0 radical (unpaired) electrons. The number of amides is 1. The predicted molar refractivity (Wildman–Crippen MR) is 125 cm³/mol. The standard InChI is InChI=1S/C23H26FN5O3S/c1-15(2)29-13-17(12-26-29)18-10-9-16(11-21(18)33(31,32)27-14-28(3)4)22(23(25)30)19-7-5-6-8-20(19)24/h5-15,22H,1-4H3,(H2,25,30). The molecule has 1 unspecified atom stereocenters. The van der Waals surface area contributed by atoms with Gasteiger partial charge in [0.15, 0.2) is 0 Å². The normalized spacial score (nSPS) is 12.9. The van der Waals surface area contributed by atoms with E-state index in [9.17, 15) is 17.6 Å². The summed E-state index contributed by atoms with van der Waals surface area (Å²) < 4.78 is 46.3. The summed E-state index contributed by atoms with van der Waals surface area (Å²) in [5, 5.41) is 4.29. The monoisotopic (exact) mass is 471 g/mol. The van der Waals surface area contributed by atoms with Gasteiger partial charge in [-0.15, -0.1) is 4.40 Å². The Balaban J connectivity index is 2.24. The van der Waals surface area contributed by atoms with Crippen LogP contribution >= 0.6 is 0 Å². The second-order valence-electron chi connectivity index (χ2n) is 8.07. The number of sulfonamides is 1. The highest BCUT2D eigenvalue weighted by Crippen LogP contribution is 2.34. The number of nitrogens with two attached hydrogens (primary N) is 1. The van der Waals surface area contributed by atoms with E-state index < -0.39 is 27.7 Å². The lowest BCUT2D eigenvalue weighted by molar-refractivity contribution is -0.118. The lowest BCUT2D eigenvalue weighted by Crippen LogP contribution is -2.23. The maximum absolute atomic E-state index is 14.5. The van der Waals surface area contributed by atoms with Crippen LogP contribution in [-0.2, 0) is 14.8 Å². The molecular weight excluding hydrogens is 445 g/mol. The molecule has 0 aliphatic heterocycles. The first-order valence-corrected chi connectivity index (χ1v) is 11.6. The second kappa shape index (κ2) is 9.53. The Bertz CT molecular complexity index is 1300. The van der Waals surface area contributed by atoms with E-state index in [1.807, 2.05) is 13.8 Å². The molecule has 3 rings (SSSR count). The number of hydrogen-bond donors (Lipinski definition) is 1.